The molecule has 5 nitrogen and oxygen atoms in total. The zero-order valence-electron chi connectivity index (χ0n) is 12.1. The van der Waals surface area contributed by atoms with Crippen LogP contribution in [0, 0.1) is 11.8 Å². The molecule has 0 bridgehead atoms. The van der Waals surface area contributed by atoms with Crippen molar-refractivity contribution in [3.63, 3.8) is 0 Å². The first kappa shape index (κ1) is 17.8. The summed E-state index contributed by atoms with van der Waals surface area (Å²) < 4.78 is 27.3. The summed E-state index contributed by atoms with van der Waals surface area (Å²) >= 11 is 0. The van der Waals surface area contributed by atoms with Crippen LogP contribution in [0.4, 0.5) is 4.79 Å². The number of hydrogen-bond acceptors (Lipinski definition) is 4. The van der Waals surface area contributed by atoms with Crippen molar-refractivity contribution in [3.8, 4) is 0 Å². The van der Waals surface area contributed by atoms with Crippen LogP contribution in [0.2, 0.25) is 0 Å². The third kappa shape index (κ3) is 7.92. The first-order valence-electron chi connectivity index (χ1n) is 6.65. The first-order valence-corrected chi connectivity index (χ1v) is 9.12. The molecule has 21 heavy (non-hydrogen) atoms. The van der Waals surface area contributed by atoms with E-state index in [1.165, 1.54) is 0 Å². The summed E-state index contributed by atoms with van der Waals surface area (Å²) in [6.07, 6.45) is -0.573. The number of amides is 1. The molecule has 0 aromatic heterocycles. The van der Waals surface area contributed by atoms with E-state index < -0.39 is 15.1 Å². The second kappa shape index (κ2) is 8.24. The van der Waals surface area contributed by atoms with Crippen molar-refractivity contribution in [3.05, 3.63) is 35.9 Å². The Morgan fingerprint density at radius 2 is 1.90 bits per heavy atom. The highest BCUT2D eigenvalue weighted by Crippen LogP contribution is 2.15. The van der Waals surface area contributed by atoms with E-state index in [2.05, 4.69) is 5.32 Å². The molecule has 0 fully saturated rings. The quantitative estimate of drug-likeness (QED) is 0.779. The zero-order chi connectivity index (χ0) is 15.9. The van der Waals surface area contributed by atoms with Crippen molar-refractivity contribution in [1.82, 2.24) is 5.32 Å². The summed E-state index contributed by atoms with van der Waals surface area (Å²) in [6.45, 7) is 4.14. The molecule has 118 valence electrons. The molecular formula is C14H20ClNO4S. The van der Waals surface area contributed by atoms with Gasteiger partial charge in [-0.3, -0.25) is 0 Å². The molecule has 1 aromatic rings. The lowest BCUT2D eigenvalue weighted by molar-refractivity contribution is 0.137. The van der Waals surface area contributed by atoms with Gasteiger partial charge in [0.15, 0.2) is 0 Å². The number of carbonyl (C=O) groups excluding carboxylic acids is 1. The minimum absolute atomic E-state index is 0.0768. The molecule has 0 aliphatic rings. The summed E-state index contributed by atoms with van der Waals surface area (Å²) in [6, 6.07) is 9.30. The predicted octanol–water partition coefficient (Wildman–Crippen LogP) is 2.75. The Bertz CT molecular complexity index is 545. The highest BCUT2D eigenvalue weighted by Gasteiger charge is 2.21. The van der Waals surface area contributed by atoms with E-state index in [0.29, 0.717) is 0 Å². The lowest BCUT2D eigenvalue weighted by Crippen LogP contribution is -2.34. The van der Waals surface area contributed by atoms with Crippen LogP contribution in [-0.4, -0.2) is 26.8 Å². The summed E-state index contributed by atoms with van der Waals surface area (Å²) in [5, 5.41) is 2.57. The average Bonchev–Trinajstić information content (AvgIpc) is 2.41. The summed E-state index contributed by atoms with van der Waals surface area (Å²) in [4.78, 5) is 11.6. The highest BCUT2D eigenvalue weighted by molar-refractivity contribution is 8.13. The second-order valence-electron chi connectivity index (χ2n) is 5.15. The van der Waals surface area contributed by atoms with Crippen LogP contribution < -0.4 is 5.32 Å². The van der Waals surface area contributed by atoms with E-state index in [0.717, 1.165) is 5.56 Å². The lowest BCUT2D eigenvalue weighted by atomic mass is 9.98. The molecule has 0 spiro atoms. The van der Waals surface area contributed by atoms with Gasteiger partial charge in [-0.05, 0) is 17.4 Å². The minimum atomic E-state index is -3.59. The number of alkyl carbamates (subject to hydrolysis) is 1. The largest absolute Gasteiger partial charge is 0.445 e. The molecule has 1 rings (SSSR count). The molecule has 1 aromatic carbocycles. The van der Waals surface area contributed by atoms with E-state index in [-0.39, 0.29) is 30.7 Å². The number of halogens is 1. The van der Waals surface area contributed by atoms with Gasteiger partial charge in [-0.1, -0.05) is 44.2 Å². The van der Waals surface area contributed by atoms with Crippen LogP contribution in [0.5, 0.6) is 0 Å². The summed E-state index contributed by atoms with van der Waals surface area (Å²) in [7, 11) is 1.67. The normalized spacial score (nSPS) is 13.0. The molecule has 0 radical (unpaired) electrons. The number of benzene rings is 1. The number of rotatable bonds is 7. The zero-order valence-corrected chi connectivity index (χ0v) is 13.7. The maximum atomic E-state index is 11.6. The Hall–Kier alpha value is -1.27. The van der Waals surface area contributed by atoms with Crippen molar-refractivity contribution in [2.45, 2.75) is 20.5 Å². The maximum Gasteiger partial charge on any atom is 0.407 e. The fourth-order valence-electron chi connectivity index (χ4n) is 1.73. The molecule has 1 unspecified atom stereocenters. The van der Waals surface area contributed by atoms with Crippen LogP contribution in [0.3, 0.4) is 0 Å². The van der Waals surface area contributed by atoms with E-state index in [4.69, 9.17) is 15.4 Å². The van der Waals surface area contributed by atoms with Crippen molar-refractivity contribution in [2.75, 3.05) is 12.3 Å². The van der Waals surface area contributed by atoms with Crippen molar-refractivity contribution < 1.29 is 17.9 Å². The van der Waals surface area contributed by atoms with Crippen LogP contribution >= 0.6 is 10.7 Å². The molecule has 1 amide bonds. The molecule has 0 heterocycles. The Morgan fingerprint density at radius 3 is 2.43 bits per heavy atom. The fourth-order valence-corrected chi connectivity index (χ4v) is 3.23. The standard InChI is InChI=1S/C14H20ClNO4S/c1-11(2)13(10-21(15,18)19)8-16-14(17)20-9-12-6-4-3-5-7-12/h3-7,11,13H,8-10H2,1-2H3,(H,16,17). The predicted molar refractivity (Wildman–Crippen MR) is 82.6 cm³/mol. The van der Waals surface area contributed by atoms with Crippen LogP contribution in [0.1, 0.15) is 19.4 Å². The highest BCUT2D eigenvalue weighted by atomic mass is 35.7. The van der Waals surface area contributed by atoms with Gasteiger partial charge >= 0.3 is 6.09 Å². The Morgan fingerprint density at radius 1 is 1.29 bits per heavy atom. The Kier molecular flexibility index (Phi) is 6.98. The number of hydrogen-bond donors (Lipinski definition) is 1. The summed E-state index contributed by atoms with van der Waals surface area (Å²) in [5.41, 5.74) is 0.886. The van der Waals surface area contributed by atoms with Gasteiger partial charge in [-0.2, -0.15) is 0 Å². The summed E-state index contributed by atoms with van der Waals surface area (Å²) in [5.74, 6) is -0.352. The molecule has 0 saturated carbocycles. The Labute approximate surface area is 130 Å². The topological polar surface area (TPSA) is 72.5 Å². The monoisotopic (exact) mass is 333 g/mol. The lowest BCUT2D eigenvalue weighted by Gasteiger charge is -2.19. The maximum absolute atomic E-state index is 11.6. The molecule has 1 atom stereocenters. The average molecular weight is 334 g/mol. The van der Waals surface area contributed by atoms with Gasteiger partial charge in [-0.25, -0.2) is 13.2 Å². The number of carbonyl (C=O) groups is 1. The van der Waals surface area contributed by atoms with E-state index >= 15 is 0 Å². The van der Waals surface area contributed by atoms with Crippen LogP contribution in [0.25, 0.3) is 0 Å². The van der Waals surface area contributed by atoms with Gasteiger partial charge in [0, 0.05) is 17.2 Å². The molecular weight excluding hydrogens is 314 g/mol. The van der Waals surface area contributed by atoms with Gasteiger partial charge in [-0.15, -0.1) is 0 Å². The molecule has 0 aliphatic carbocycles. The van der Waals surface area contributed by atoms with E-state index in [1.807, 2.05) is 44.2 Å². The number of nitrogens with one attached hydrogen (secondary N) is 1. The van der Waals surface area contributed by atoms with Crippen LogP contribution in [-0.2, 0) is 20.4 Å². The number of ether oxygens (including phenoxy) is 1. The van der Waals surface area contributed by atoms with Gasteiger partial charge < -0.3 is 10.1 Å². The molecule has 0 saturated heterocycles. The van der Waals surface area contributed by atoms with Gasteiger partial charge in [0.05, 0.1) is 5.75 Å². The molecule has 1 N–H and O–H groups in total. The Balaban J connectivity index is 2.39. The van der Waals surface area contributed by atoms with Crippen molar-refractivity contribution in [1.29, 1.82) is 0 Å². The van der Waals surface area contributed by atoms with Gasteiger partial charge in [0.1, 0.15) is 6.61 Å². The third-order valence-corrected chi connectivity index (χ3v) is 4.28. The minimum Gasteiger partial charge on any atom is -0.445 e. The first-order chi connectivity index (χ1) is 9.78. The van der Waals surface area contributed by atoms with Gasteiger partial charge in [0.25, 0.3) is 0 Å². The smallest absolute Gasteiger partial charge is 0.407 e. The van der Waals surface area contributed by atoms with Crippen LogP contribution in [0.15, 0.2) is 30.3 Å². The molecule has 0 aliphatic heterocycles. The van der Waals surface area contributed by atoms with Crippen molar-refractivity contribution in [2.24, 2.45) is 11.8 Å². The SMILES string of the molecule is CC(C)C(CNC(=O)OCc1ccccc1)CS(=O)(=O)Cl. The van der Waals surface area contributed by atoms with E-state index in [9.17, 15) is 13.2 Å². The van der Waals surface area contributed by atoms with Crippen molar-refractivity contribution >= 4 is 25.8 Å². The third-order valence-electron chi connectivity index (χ3n) is 3.08. The van der Waals surface area contributed by atoms with E-state index in [1.54, 1.807) is 0 Å². The fraction of sp³-hybridized carbons (Fsp3) is 0.500. The molecule has 7 heteroatoms. The van der Waals surface area contributed by atoms with Gasteiger partial charge in [0.2, 0.25) is 9.05 Å². The second-order valence-corrected chi connectivity index (χ2v) is 7.97.